The van der Waals surface area contributed by atoms with Crippen molar-refractivity contribution in [1.82, 2.24) is 0 Å². The van der Waals surface area contributed by atoms with Crippen molar-refractivity contribution in [2.45, 2.75) is 19.6 Å². The average Bonchev–Trinajstić information content (AvgIpc) is 1.35. The van der Waals surface area contributed by atoms with E-state index in [2.05, 4.69) is 25.2 Å². The molecule has 0 aromatic rings. The van der Waals surface area contributed by atoms with Crippen molar-refractivity contribution >= 4 is 31.1 Å². The Hall–Kier alpha value is 0.833. The largest absolute Gasteiger partial charge is 2.00 e. The number of halogens is 1. The normalized spacial score (nSPS) is 7.75. The van der Waals surface area contributed by atoms with Crippen LogP contribution in [-0.2, 0) is 0 Å². The topological polar surface area (TPSA) is 0 Å². The first kappa shape index (κ1) is 15.9. The molecule has 0 nitrogen and oxygen atoms in total. The van der Waals surface area contributed by atoms with Gasteiger partial charge in [0, 0.05) is 0 Å². The fourth-order valence-corrected chi connectivity index (χ4v) is 0. The second-order valence-corrected chi connectivity index (χ2v) is 7.12. The van der Waals surface area contributed by atoms with Crippen LogP contribution in [0.25, 0.3) is 0 Å². The quantitative estimate of drug-likeness (QED) is 0.218. The van der Waals surface area contributed by atoms with Crippen molar-refractivity contribution in [3.8, 4) is 5.54 Å². The summed E-state index contributed by atoms with van der Waals surface area (Å²) in [5, 5.41) is 0. The van der Waals surface area contributed by atoms with Gasteiger partial charge >= 0.3 is 23.1 Å². The summed E-state index contributed by atoms with van der Waals surface area (Å²) < 4.78 is 0. The maximum Gasteiger partial charge on any atom is 2.00 e. The smallest absolute Gasteiger partial charge is 1.00 e. The molecule has 0 atom stereocenters. The summed E-state index contributed by atoms with van der Waals surface area (Å²) in [7, 11) is -1.21. The summed E-state index contributed by atoms with van der Waals surface area (Å²) in [5.41, 5.74) is 2.49. The Morgan fingerprint density at radius 3 is 1.38 bits per heavy atom. The summed E-state index contributed by atoms with van der Waals surface area (Å²) in [6.45, 7) is 6.25. The van der Waals surface area contributed by atoms with Crippen molar-refractivity contribution in [1.29, 1.82) is 0 Å². The monoisotopic (exact) mass is 156 g/mol. The minimum absolute atomic E-state index is 0. The molecule has 0 fully saturated rings. The van der Waals surface area contributed by atoms with Gasteiger partial charge in [-0.25, -0.2) is 0 Å². The SMILES string of the molecule is [C-]#C[Si](C)(C)C.[Cl-].[Mg+2]. The molecule has 0 aromatic carbocycles. The van der Waals surface area contributed by atoms with Crippen LogP contribution in [0.15, 0.2) is 0 Å². The van der Waals surface area contributed by atoms with Crippen LogP contribution in [0.2, 0.25) is 19.6 Å². The molecule has 0 aliphatic carbocycles. The molecule has 0 saturated heterocycles. The Labute approximate surface area is 75.0 Å². The van der Waals surface area contributed by atoms with E-state index in [1.54, 1.807) is 0 Å². The molecule has 0 heterocycles. The molecule has 0 spiro atoms. The van der Waals surface area contributed by atoms with E-state index in [1.165, 1.54) is 0 Å². The van der Waals surface area contributed by atoms with E-state index in [0.717, 1.165) is 0 Å². The van der Waals surface area contributed by atoms with Gasteiger partial charge in [0.1, 0.15) is 0 Å². The van der Waals surface area contributed by atoms with E-state index in [4.69, 9.17) is 6.42 Å². The average molecular weight is 157 g/mol. The third-order valence-corrected chi connectivity index (χ3v) is 1.12. The van der Waals surface area contributed by atoms with Crippen LogP contribution >= 0.6 is 0 Å². The summed E-state index contributed by atoms with van der Waals surface area (Å²) in [4.78, 5) is 0. The third-order valence-electron chi connectivity index (χ3n) is 0.375. The number of hydrogen-bond donors (Lipinski definition) is 0. The van der Waals surface area contributed by atoms with E-state index in [-0.39, 0.29) is 35.5 Å². The van der Waals surface area contributed by atoms with E-state index in [1.807, 2.05) is 0 Å². The van der Waals surface area contributed by atoms with Crippen LogP contribution in [0.4, 0.5) is 0 Å². The molecule has 0 unspecified atom stereocenters. The first-order chi connectivity index (χ1) is 2.56. The molecule has 0 N–H and O–H groups in total. The minimum atomic E-state index is -1.21. The molecule has 0 aromatic heterocycles. The van der Waals surface area contributed by atoms with Crippen LogP contribution < -0.4 is 12.4 Å². The number of hydrogen-bond acceptors (Lipinski definition) is 0. The van der Waals surface area contributed by atoms with Crippen molar-refractivity contribution in [2.75, 3.05) is 0 Å². The fourth-order valence-electron chi connectivity index (χ4n) is 0. The number of rotatable bonds is 0. The third kappa shape index (κ3) is 15.8. The Morgan fingerprint density at radius 2 is 1.38 bits per heavy atom. The maximum absolute atomic E-state index is 6.67. The molecule has 42 valence electrons. The molecular weight excluding hydrogens is 148 g/mol. The molecule has 0 aliphatic rings. The van der Waals surface area contributed by atoms with Crippen molar-refractivity contribution in [2.24, 2.45) is 0 Å². The van der Waals surface area contributed by atoms with Gasteiger partial charge in [-0.15, -0.1) is 0 Å². The predicted octanol–water partition coefficient (Wildman–Crippen LogP) is -1.92. The van der Waals surface area contributed by atoms with Gasteiger partial charge in [0.2, 0.25) is 0 Å². The van der Waals surface area contributed by atoms with Gasteiger partial charge in [0.15, 0.2) is 0 Å². The van der Waals surface area contributed by atoms with Gasteiger partial charge in [0.05, 0.1) is 8.07 Å². The van der Waals surface area contributed by atoms with Gasteiger partial charge in [-0.05, 0) is 0 Å². The molecule has 0 bridgehead atoms. The molecule has 3 heteroatoms. The Morgan fingerprint density at radius 1 is 1.25 bits per heavy atom. The summed E-state index contributed by atoms with van der Waals surface area (Å²) in [5.74, 6) is 0. The molecule has 0 radical (unpaired) electrons. The standard InChI is InChI=1S/C5H9Si.ClH.Mg/c1-5-6(2,3)4;;/h2-4H3;1H;/q-1;;+2/p-1. The molecular formula is C5H9ClMgSi. The van der Waals surface area contributed by atoms with Gasteiger partial charge in [-0.1, -0.05) is 19.6 Å². The van der Waals surface area contributed by atoms with Crippen LogP contribution in [0.5, 0.6) is 0 Å². The van der Waals surface area contributed by atoms with Crippen LogP contribution in [0.3, 0.4) is 0 Å². The second-order valence-electron chi connectivity index (χ2n) is 2.38. The zero-order valence-electron chi connectivity index (χ0n) is 5.59. The van der Waals surface area contributed by atoms with E-state index in [0.29, 0.717) is 0 Å². The molecule has 0 aliphatic heterocycles. The van der Waals surface area contributed by atoms with Crippen LogP contribution in [0.1, 0.15) is 0 Å². The van der Waals surface area contributed by atoms with Crippen molar-refractivity contribution in [3.05, 3.63) is 6.42 Å². The summed E-state index contributed by atoms with van der Waals surface area (Å²) in [6, 6.07) is 0. The first-order valence-corrected chi connectivity index (χ1v) is 5.50. The van der Waals surface area contributed by atoms with Crippen molar-refractivity contribution < 1.29 is 12.4 Å². The first-order valence-electron chi connectivity index (χ1n) is 2.00. The zero-order chi connectivity index (χ0) is 5.21. The summed E-state index contributed by atoms with van der Waals surface area (Å²) >= 11 is 0. The van der Waals surface area contributed by atoms with Crippen molar-refractivity contribution in [3.63, 3.8) is 0 Å². The molecule has 0 amide bonds. The van der Waals surface area contributed by atoms with Crippen LogP contribution in [-0.4, -0.2) is 31.1 Å². The predicted molar refractivity (Wildman–Crippen MR) is 36.2 cm³/mol. The second kappa shape index (κ2) is 5.96. The summed E-state index contributed by atoms with van der Waals surface area (Å²) in [6.07, 6.45) is 6.67. The van der Waals surface area contributed by atoms with E-state index >= 15 is 0 Å². The minimum Gasteiger partial charge on any atom is -1.00 e. The fraction of sp³-hybridized carbons (Fsp3) is 0.600. The van der Waals surface area contributed by atoms with Gasteiger partial charge in [-0.3, -0.25) is 0 Å². The molecule has 8 heavy (non-hydrogen) atoms. The van der Waals surface area contributed by atoms with Gasteiger partial charge < -0.3 is 24.4 Å². The van der Waals surface area contributed by atoms with Crippen LogP contribution in [0, 0.1) is 12.0 Å². The zero-order valence-corrected chi connectivity index (χ0v) is 8.76. The molecule has 0 rings (SSSR count). The Kier molecular flexibility index (Phi) is 11.9. The van der Waals surface area contributed by atoms with Gasteiger partial charge in [-0.2, -0.15) is 0 Å². The maximum atomic E-state index is 6.67. The molecule has 0 saturated carbocycles. The van der Waals surface area contributed by atoms with E-state index in [9.17, 15) is 0 Å². The van der Waals surface area contributed by atoms with E-state index < -0.39 is 8.07 Å². The van der Waals surface area contributed by atoms with Gasteiger partial charge in [0.25, 0.3) is 0 Å². The Bertz CT molecular complexity index is 79.4. The Balaban J connectivity index is -0.000000125.